The van der Waals surface area contributed by atoms with Crippen LogP contribution >= 0.6 is 0 Å². The number of nitrogens with zero attached hydrogens (tertiary/aromatic N) is 1. The monoisotopic (exact) mass is 169 g/mol. The summed E-state index contributed by atoms with van der Waals surface area (Å²) in [5.41, 5.74) is 0.364. The summed E-state index contributed by atoms with van der Waals surface area (Å²) in [5.74, 6) is 0.944. The van der Waals surface area contributed by atoms with Crippen LogP contribution in [0.25, 0.3) is 0 Å². The van der Waals surface area contributed by atoms with Crippen LogP contribution in [-0.2, 0) is 0 Å². The van der Waals surface area contributed by atoms with E-state index in [2.05, 4.69) is 39.5 Å². The van der Waals surface area contributed by atoms with Crippen LogP contribution < -0.4 is 0 Å². The lowest BCUT2D eigenvalue weighted by atomic mass is 10.0. The molecule has 0 radical (unpaired) electrons. The summed E-state index contributed by atoms with van der Waals surface area (Å²) in [6.07, 6.45) is 2.74. The van der Waals surface area contributed by atoms with Crippen LogP contribution in [-0.4, -0.2) is 23.0 Å². The summed E-state index contributed by atoms with van der Waals surface area (Å²) in [7, 11) is 0. The van der Waals surface area contributed by atoms with Crippen LogP contribution in [0.5, 0.6) is 0 Å². The van der Waals surface area contributed by atoms with Crippen LogP contribution in [0.2, 0.25) is 0 Å². The Hall–Kier alpha value is -0.0400. The molecule has 0 N–H and O–H groups in total. The minimum absolute atomic E-state index is 0.364. The third kappa shape index (κ3) is 2.01. The van der Waals surface area contributed by atoms with Crippen molar-refractivity contribution in [2.24, 2.45) is 5.92 Å². The van der Waals surface area contributed by atoms with Crippen molar-refractivity contribution >= 4 is 0 Å². The van der Waals surface area contributed by atoms with Gasteiger partial charge in [-0.3, -0.25) is 4.90 Å². The fraction of sp³-hybridized carbons (Fsp3) is 1.00. The minimum atomic E-state index is 0.364. The van der Waals surface area contributed by atoms with Gasteiger partial charge in [-0.2, -0.15) is 0 Å². The Morgan fingerprint density at radius 1 is 1.33 bits per heavy atom. The van der Waals surface area contributed by atoms with Crippen molar-refractivity contribution in [2.75, 3.05) is 6.54 Å². The molecule has 1 aliphatic heterocycles. The molecule has 0 unspecified atom stereocenters. The van der Waals surface area contributed by atoms with Gasteiger partial charge in [0.05, 0.1) is 0 Å². The van der Waals surface area contributed by atoms with Crippen LogP contribution in [0.3, 0.4) is 0 Å². The van der Waals surface area contributed by atoms with Gasteiger partial charge in [0, 0.05) is 18.1 Å². The predicted molar refractivity (Wildman–Crippen MR) is 54.3 cm³/mol. The summed E-state index contributed by atoms with van der Waals surface area (Å²) >= 11 is 0. The first-order chi connectivity index (χ1) is 5.45. The number of rotatable bonds is 1. The molecular weight excluding hydrogens is 146 g/mol. The molecule has 2 atom stereocenters. The van der Waals surface area contributed by atoms with E-state index in [-0.39, 0.29) is 0 Å². The number of likely N-dealkylation sites (tertiary alicyclic amines) is 1. The molecule has 0 amide bonds. The highest BCUT2D eigenvalue weighted by atomic mass is 15.2. The first kappa shape index (κ1) is 10.0. The first-order valence-electron chi connectivity index (χ1n) is 5.22. The highest BCUT2D eigenvalue weighted by molar-refractivity contribution is 4.89. The lowest BCUT2D eigenvalue weighted by Gasteiger charge is -2.35. The lowest BCUT2D eigenvalue weighted by molar-refractivity contribution is 0.127. The van der Waals surface area contributed by atoms with Crippen LogP contribution in [0, 0.1) is 5.92 Å². The summed E-state index contributed by atoms with van der Waals surface area (Å²) < 4.78 is 0. The zero-order chi connectivity index (χ0) is 9.35. The zero-order valence-corrected chi connectivity index (χ0v) is 9.22. The van der Waals surface area contributed by atoms with Crippen molar-refractivity contribution in [1.29, 1.82) is 0 Å². The Kier molecular flexibility index (Phi) is 2.82. The number of hydrogen-bond acceptors (Lipinski definition) is 1. The summed E-state index contributed by atoms with van der Waals surface area (Å²) in [5, 5.41) is 0. The van der Waals surface area contributed by atoms with Gasteiger partial charge in [-0.05, 0) is 40.0 Å². The fourth-order valence-corrected chi connectivity index (χ4v) is 2.37. The SMILES string of the molecule is CC[C@H]1C[C@H](C)N(C(C)(C)C)C1. The maximum atomic E-state index is 2.64. The van der Waals surface area contributed by atoms with Crippen molar-refractivity contribution in [2.45, 2.75) is 59.0 Å². The van der Waals surface area contributed by atoms with E-state index in [1.165, 1.54) is 19.4 Å². The summed E-state index contributed by atoms with van der Waals surface area (Å²) in [4.78, 5) is 2.64. The van der Waals surface area contributed by atoms with E-state index >= 15 is 0 Å². The molecule has 1 fully saturated rings. The van der Waals surface area contributed by atoms with Gasteiger partial charge >= 0.3 is 0 Å². The summed E-state index contributed by atoms with van der Waals surface area (Å²) in [6.45, 7) is 12.9. The van der Waals surface area contributed by atoms with Crippen LogP contribution in [0.15, 0.2) is 0 Å². The topological polar surface area (TPSA) is 3.24 Å². The molecule has 1 heteroatoms. The van der Waals surface area contributed by atoms with Gasteiger partial charge < -0.3 is 0 Å². The second-order valence-electron chi connectivity index (χ2n) is 5.18. The molecule has 1 nitrogen and oxygen atoms in total. The maximum Gasteiger partial charge on any atom is 0.0127 e. The van der Waals surface area contributed by atoms with E-state index in [0.717, 1.165) is 12.0 Å². The van der Waals surface area contributed by atoms with Gasteiger partial charge in [0.25, 0.3) is 0 Å². The van der Waals surface area contributed by atoms with Gasteiger partial charge in [0.1, 0.15) is 0 Å². The van der Waals surface area contributed by atoms with Crippen molar-refractivity contribution in [3.05, 3.63) is 0 Å². The van der Waals surface area contributed by atoms with E-state index < -0.39 is 0 Å². The molecule has 0 aromatic heterocycles. The van der Waals surface area contributed by atoms with Crippen LogP contribution in [0.4, 0.5) is 0 Å². The summed E-state index contributed by atoms with van der Waals surface area (Å²) in [6, 6.07) is 0.787. The van der Waals surface area contributed by atoms with Gasteiger partial charge in [0.15, 0.2) is 0 Å². The zero-order valence-electron chi connectivity index (χ0n) is 9.22. The number of hydrogen-bond donors (Lipinski definition) is 0. The Balaban J connectivity index is 2.58. The molecule has 1 heterocycles. The van der Waals surface area contributed by atoms with E-state index in [9.17, 15) is 0 Å². The molecule has 0 spiro atoms. The van der Waals surface area contributed by atoms with Crippen molar-refractivity contribution in [1.82, 2.24) is 4.90 Å². The molecule has 1 rings (SSSR count). The molecule has 1 saturated heterocycles. The lowest BCUT2D eigenvalue weighted by Crippen LogP contribution is -2.43. The molecular formula is C11H23N. The highest BCUT2D eigenvalue weighted by Gasteiger charge is 2.34. The van der Waals surface area contributed by atoms with E-state index in [1.54, 1.807) is 0 Å². The Labute approximate surface area is 77.1 Å². The van der Waals surface area contributed by atoms with E-state index in [0.29, 0.717) is 5.54 Å². The smallest absolute Gasteiger partial charge is 0.0127 e. The van der Waals surface area contributed by atoms with Gasteiger partial charge in [-0.15, -0.1) is 0 Å². The van der Waals surface area contributed by atoms with E-state index in [1.807, 2.05) is 0 Å². The van der Waals surface area contributed by atoms with E-state index in [4.69, 9.17) is 0 Å². The van der Waals surface area contributed by atoms with Gasteiger partial charge in [0.2, 0.25) is 0 Å². The average molecular weight is 169 g/mol. The van der Waals surface area contributed by atoms with Crippen LogP contribution in [0.1, 0.15) is 47.5 Å². The Bertz CT molecular complexity index is 146. The molecule has 0 saturated carbocycles. The molecule has 12 heavy (non-hydrogen) atoms. The predicted octanol–water partition coefficient (Wildman–Crippen LogP) is 2.91. The quantitative estimate of drug-likeness (QED) is 0.583. The van der Waals surface area contributed by atoms with Crippen molar-refractivity contribution in [3.63, 3.8) is 0 Å². The fourth-order valence-electron chi connectivity index (χ4n) is 2.37. The molecule has 0 aromatic carbocycles. The Morgan fingerprint density at radius 2 is 1.92 bits per heavy atom. The van der Waals surface area contributed by atoms with Crippen molar-refractivity contribution < 1.29 is 0 Å². The van der Waals surface area contributed by atoms with Gasteiger partial charge in [-0.1, -0.05) is 13.3 Å². The first-order valence-corrected chi connectivity index (χ1v) is 5.22. The molecule has 0 aliphatic carbocycles. The molecule has 0 aromatic rings. The molecule has 1 aliphatic rings. The second-order valence-corrected chi connectivity index (χ2v) is 5.18. The molecule has 72 valence electrons. The van der Waals surface area contributed by atoms with Gasteiger partial charge in [-0.25, -0.2) is 0 Å². The third-order valence-electron chi connectivity index (χ3n) is 3.10. The normalized spacial score (nSPS) is 32.8. The second kappa shape index (κ2) is 3.37. The largest absolute Gasteiger partial charge is 0.296 e. The Morgan fingerprint density at radius 3 is 2.17 bits per heavy atom. The average Bonchev–Trinajstić information content (AvgIpc) is 2.29. The maximum absolute atomic E-state index is 2.64. The molecule has 0 bridgehead atoms. The third-order valence-corrected chi connectivity index (χ3v) is 3.10. The standard InChI is InChI=1S/C11H23N/c1-6-10-7-9(2)12(8-10)11(3,4)5/h9-10H,6-8H2,1-5H3/t9-,10-/m0/s1. The van der Waals surface area contributed by atoms with Crippen molar-refractivity contribution in [3.8, 4) is 0 Å². The highest BCUT2D eigenvalue weighted by Crippen LogP contribution is 2.31. The minimum Gasteiger partial charge on any atom is -0.296 e.